The van der Waals surface area contributed by atoms with Crippen LogP contribution in [0.15, 0.2) is 18.2 Å². The van der Waals surface area contributed by atoms with Crippen LogP contribution in [-0.2, 0) is 4.79 Å². The number of fused-ring (bicyclic) bond motifs is 1. The Morgan fingerprint density at radius 2 is 2.18 bits per heavy atom. The van der Waals surface area contributed by atoms with Crippen molar-refractivity contribution in [2.45, 2.75) is 39.2 Å². The molecule has 2 rings (SSSR count). The number of benzene rings is 1. The zero-order chi connectivity index (χ0) is 12.4. The molecule has 1 aromatic rings. The predicted octanol–water partition coefficient (Wildman–Crippen LogP) is 2.80. The summed E-state index contributed by atoms with van der Waals surface area (Å²) in [5, 5.41) is 6.30. The summed E-state index contributed by atoms with van der Waals surface area (Å²) >= 11 is 0. The van der Waals surface area contributed by atoms with Crippen LogP contribution in [0.5, 0.6) is 0 Å². The van der Waals surface area contributed by atoms with Crippen LogP contribution in [0.25, 0.3) is 0 Å². The molecule has 0 bridgehead atoms. The van der Waals surface area contributed by atoms with E-state index in [9.17, 15) is 4.79 Å². The Balaban J connectivity index is 2.34. The number of amides is 1. The summed E-state index contributed by atoms with van der Waals surface area (Å²) in [6, 6.07) is 5.98. The second-order valence-corrected chi connectivity index (χ2v) is 4.84. The molecule has 0 spiro atoms. The molecule has 1 aliphatic heterocycles. The first kappa shape index (κ1) is 12.1. The number of nitrogens with one attached hydrogen (secondary N) is 2. The van der Waals surface area contributed by atoms with Gasteiger partial charge in [-0.05, 0) is 24.4 Å². The van der Waals surface area contributed by atoms with E-state index in [-0.39, 0.29) is 11.9 Å². The van der Waals surface area contributed by atoms with Gasteiger partial charge in [0.05, 0.1) is 0 Å². The monoisotopic (exact) mass is 232 g/mol. The maximum atomic E-state index is 11.9. The van der Waals surface area contributed by atoms with Gasteiger partial charge in [0.2, 0.25) is 5.91 Å². The molecule has 2 N–H and O–H groups in total. The van der Waals surface area contributed by atoms with Crippen LogP contribution in [0, 0.1) is 0 Å². The molecule has 1 atom stereocenters. The average Bonchev–Trinajstić information content (AvgIpc) is 2.61. The van der Waals surface area contributed by atoms with E-state index in [4.69, 9.17) is 0 Å². The lowest BCUT2D eigenvalue weighted by Crippen LogP contribution is -2.27. The minimum Gasteiger partial charge on any atom is -0.324 e. The molecule has 1 aromatic carbocycles. The van der Waals surface area contributed by atoms with Gasteiger partial charge in [-0.15, -0.1) is 0 Å². The Bertz CT molecular complexity index is 426. The van der Waals surface area contributed by atoms with E-state index >= 15 is 0 Å². The van der Waals surface area contributed by atoms with Gasteiger partial charge in [0.15, 0.2) is 0 Å². The predicted molar refractivity (Wildman–Crippen MR) is 70.2 cm³/mol. The Morgan fingerprint density at radius 3 is 2.82 bits per heavy atom. The quantitative estimate of drug-likeness (QED) is 0.838. The number of carbonyl (C=O) groups excluding carboxylic acids is 1. The van der Waals surface area contributed by atoms with E-state index < -0.39 is 0 Å². The fourth-order valence-corrected chi connectivity index (χ4v) is 2.28. The summed E-state index contributed by atoms with van der Waals surface area (Å²) in [6.45, 7) is 7.26. The first-order valence-corrected chi connectivity index (χ1v) is 6.32. The largest absolute Gasteiger partial charge is 0.324 e. The van der Waals surface area contributed by atoms with E-state index in [1.54, 1.807) is 0 Å². The highest BCUT2D eigenvalue weighted by atomic mass is 16.2. The molecule has 1 amide bonds. The van der Waals surface area contributed by atoms with E-state index in [0.717, 1.165) is 24.2 Å². The number of rotatable bonds is 4. The molecule has 0 radical (unpaired) electrons. The Morgan fingerprint density at radius 1 is 1.41 bits per heavy atom. The molecule has 0 saturated heterocycles. The normalized spacial score (nSPS) is 18.4. The molecule has 0 aromatic heterocycles. The van der Waals surface area contributed by atoms with Crippen molar-refractivity contribution in [3.05, 3.63) is 29.3 Å². The molecule has 3 heteroatoms. The topological polar surface area (TPSA) is 41.1 Å². The van der Waals surface area contributed by atoms with Gasteiger partial charge >= 0.3 is 0 Å². The second kappa shape index (κ2) is 4.88. The lowest BCUT2D eigenvalue weighted by atomic mass is 9.97. The smallest absolute Gasteiger partial charge is 0.246 e. The molecule has 1 unspecified atom stereocenters. The van der Waals surface area contributed by atoms with E-state index in [1.807, 2.05) is 12.1 Å². The van der Waals surface area contributed by atoms with Gasteiger partial charge in [-0.2, -0.15) is 0 Å². The fraction of sp³-hybridized carbons (Fsp3) is 0.500. The van der Waals surface area contributed by atoms with Gasteiger partial charge in [0.1, 0.15) is 6.04 Å². The molecule has 1 aliphatic rings. The van der Waals surface area contributed by atoms with Crippen LogP contribution >= 0.6 is 0 Å². The van der Waals surface area contributed by atoms with Crippen molar-refractivity contribution >= 4 is 11.6 Å². The molecule has 0 saturated carbocycles. The molecular formula is C14H20N2O. The van der Waals surface area contributed by atoms with E-state index in [1.165, 1.54) is 5.56 Å². The van der Waals surface area contributed by atoms with Crippen LogP contribution in [0.3, 0.4) is 0 Å². The third-order valence-corrected chi connectivity index (χ3v) is 3.17. The molecule has 3 nitrogen and oxygen atoms in total. The lowest BCUT2D eigenvalue weighted by Gasteiger charge is -2.12. The van der Waals surface area contributed by atoms with Crippen molar-refractivity contribution in [3.8, 4) is 0 Å². The Hall–Kier alpha value is -1.35. The first-order valence-electron chi connectivity index (χ1n) is 6.32. The number of carbonyl (C=O) groups is 1. The lowest BCUT2D eigenvalue weighted by molar-refractivity contribution is -0.117. The Labute approximate surface area is 103 Å². The minimum atomic E-state index is -0.177. The summed E-state index contributed by atoms with van der Waals surface area (Å²) < 4.78 is 0. The number of hydrogen-bond acceptors (Lipinski definition) is 2. The van der Waals surface area contributed by atoms with E-state index in [0.29, 0.717) is 5.92 Å². The highest BCUT2D eigenvalue weighted by Gasteiger charge is 2.31. The summed E-state index contributed by atoms with van der Waals surface area (Å²) in [5.41, 5.74) is 3.33. The molecule has 0 fully saturated rings. The molecule has 17 heavy (non-hydrogen) atoms. The summed E-state index contributed by atoms with van der Waals surface area (Å²) in [5.74, 6) is 0.497. The summed E-state index contributed by atoms with van der Waals surface area (Å²) in [4.78, 5) is 11.9. The van der Waals surface area contributed by atoms with Gasteiger partial charge in [-0.1, -0.05) is 39.0 Å². The van der Waals surface area contributed by atoms with Gasteiger partial charge < -0.3 is 10.6 Å². The Kier molecular flexibility index (Phi) is 3.48. The molecule has 1 heterocycles. The number of para-hydroxylation sites is 1. The van der Waals surface area contributed by atoms with Crippen molar-refractivity contribution in [1.82, 2.24) is 5.32 Å². The fourth-order valence-electron chi connectivity index (χ4n) is 2.28. The number of anilines is 1. The van der Waals surface area contributed by atoms with Gasteiger partial charge in [-0.3, -0.25) is 4.79 Å². The summed E-state index contributed by atoms with van der Waals surface area (Å²) in [6.07, 6.45) is 1.03. The highest BCUT2D eigenvalue weighted by molar-refractivity contribution is 6.03. The maximum absolute atomic E-state index is 11.9. The van der Waals surface area contributed by atoms with Crippen molar-refractivity contribution < 1.29 is 4.79 Å². The third kappa shape index (κ3) is 2.20. The maximum Gasteiger partial charge on any atom is 0.246 e. The third-order valence-electron chi connectivity index (χ3n) is 3.17. The molecule has 0 aliphatic carbocycles. The van der Waals surface area contributed by atoms with Gasteiger partial charge in [0.25, 0.3) is 0 Å². The van der Waals surface area contributed by atoms with Crippen LogP contribution in [-0.4, -0.2) is 12.5 Å². The van der Waals surface area contributed by atoms with E-state index in [2.05, 4.69) is 37.5 Å². The van der Waals surface area contributed by atoms with Crippen molar-refractivity contribution in [2.24, 2.45) is 0 Å². The van der Waals surface area contributed by atoms with Gasteiger partial charge in [0, 0.05) is 11.3 Å². The summed E-state index contributed by atoms with van der Waals surface area (Å²) in [7, 11) is 0. The second-order valence-electron chi connectivity index (χ2n) is 4.84. The first-order chi connectivity index (χ1) is 8.15. The molecular weight excluding hydrogens is 212 g/mol. The zero-order valence-corrected chi connectivity index (χ0v) is 10.7. The van der Waals surface area contributed by atoms with Crippen molar-refractivity contribution in [3.63, 3.8) is 0 Å². The number of hydrogen-bond donors (Lipinski definition) is 2. The zero-order valence-electron chi connectivity index (χ0n) is 10.7. The highest BCUT2D eigenvalue weighted by Crippen LogP contribution is 2.36. The SMILES string of the molecule is CCCNC1C(=O)Nc2c(C(C)C)cccc21. The minimum absolute atomic E-state index is 0.0709. The van der Waals surface area contributed by atoms with Crippen LogP contribution in [0.4, 0.5) is 5.69 Å². The standard InChI is InChI=1S/C14H20N2O/c1-4-8-15-13-11-7-5-6-10(9(2)3)12(11)16-14(13)17/h5-7,9,13,15H,4,8H2,1-3H3,(H,16,17). The van der Waals surface area contributed by atoms with Crippen molar-refractivity contribution in [1.29, 1.82) is 0 Å². The van der Waals surface area contributed by atoms with Crippen LogP contribution in [0.2, 0.25) is 0 Å². The van der Waals surface area contributed by atoms with Crippen LogP contribution in [0.1, 0.15) is 50.3 Å². The van der Waals surface area contributed by atoms with Crippen LogP contribution < -0.4 is 10.6 Å². The van der Waals surface area contributed by atoms with Gasteiger partial charge in [-0.25, -0.2) is 0 Å². The van der Waals surface area contributed by atoms with Crippen molar-refractivity contribution in [2.75, 3.05) is 11.9 Å². The average molecular weight is 232 g/mol. The molecule has 92 valence electrons.